The molecule has 0 aliphatic carbocycles. The number of carbonyl (C=O) groups is 2. The lowest BCUT2D eigenvalue weighted by Gasteiger charge is -2.11. The van der Waals surface area contributed by atoms with Gasteiger partial charge in [0.1, 0.15) is 24.0 Å². The van der Waals surface area contributed by atoms with E-state index in [1.807, 2.05) is 25.1 Å². The standard InChI is InChI=1S/C25H19ClN2O4/c1-16-3-2-4-22(11-16)28-24(29)20(14-27)12-19-13-21(26)9-10-23(19)32-15-17-5-7-18(8-6-17)25(30)31/h2-13H,15H2,1H3,(H,28,29)(H,30,31)/b20-12+. The number of aryl methyl sites for hydroxylation is 1. The van der Waals surface area contributed by atoms with E-state index < -0.39 is 11.9 Å². The predicted octanol–water partition coefficient (Wildman–Crippen LogP) is 5.47. The summed E-state index contributed by atoms with van der Waals surface area (Å²) in [5.74, 6) is -1.13. The molecule has 7 heteroatoms. The van der Waals surface area contributed by atoms with Crippen molar-refractivity contribution >= 4 is 35.2 Å². The zero-order valence-corrected chi connectivity index (χ0v) is 17.9. The Hall–Kier alpha value is -4.08. The van der Waals surface area contributed by atoms with Gasteiger partial charge in [-0.2, -0.15) is 5.26 Å². The summed E-state index contributed by atoms with van der Waals surface area (Å²) >= 11 is 6.11. The van der Waals surface area contributed by atoms with E-state index in [0.29, 0.717) is 22.0 Å². The van der Waals surface area contributed by atoms with Gasteiger partial charge in [-0.25, -0.2) is 4.79 Å². The number of aromatic carboxylic acids is 1. The van der Waals surface area contributed by atoms with Crippen LogP contribution in [-0.4, -0.2) is 17.0 Å². The molecule has 0 spiro atoms. The van der Waals surface area contributed by atoms with E-state index in [4.69, 9.17) is 21.4 Å². The molecule has 0 bridgehead atoms. The Morgan fingerprint density at radius 3 is 2.53 bits per heavy atom. The fraction of sp³-hybridized carbons (Fsp3) is 0.0800. The highest BCUT2D eigenvalue weighted by atomic mass is 35.5. The van der Waals surface area contributed by atoms with Crippen LogP contribution in [0.25, 0.3) is 6.08 Å². The molecule has 0 fully saturated rings. The minimum atomic E-state index is -1.00. The SMILES string of the molecule is Cc1cccc(NC(=O)/C(C#N)=C/c2cc(Cl)ccc2OCc2ccc(C(=O)O)cc2)c1. The van der Waals surface area contributed by atoms with Crippen LogP contribution in [0, 0.1) is 18.3 Å². The van der Waals surface area contributed by atoms with Crippen LogP contribution in [0.2, 0.25) is 5.02 Å². The summed E-state index contributed by atoms with van der Waals surface area (Å²) in [5.41, 5.74) is 2.87. The van der Waals surface area contributed by atoms with E-state index in [1.165, 1.54) is 18.2 Å². The molecule has 0 saturated carbocycles. The van der Waals surface area contributed by atoms with Gasteiger partial charge in [-0.05, 0) is 66.6 Å². The lowest BCUT2D eigenvalue weighted by molar-refractivity contribution is -0.112. The lowest BCUT2D eigenvalue weighted by Crippen LogP contribution is -2.13. The average molecular weight is 447 g/mol. The summed E-state index contributed by atoms with van der Waals surface area (Å²) < 4.78 is 5.85. The van der Waals surface area contributed by atoms with Crippen molar-refractivity contribution in [3.8, 4) is 11.8 Å². The highest BCUT2D eigenvalue weighted by Crippen LogP contribution is 2.26. The van der Waals surface area contributed by atoms with Gasteiger partial charge in [0.05, 0.1) is 5.56 Å². The maximum atomic E-state index is 12.6. The highest BCUT2D eigenvalue weighted by Gasteiger charge is 2.12. The molecule has 32 heavy (non-hydrogen) atoms. The van der Waals surface area contributed by atoms with Gasteiger partial charge in [0.2, 0.25) is 0 Å². The molecule has 0 saturated heterocycles. The molecule has 0 unspecified atom stereocenters. The second-order valence-corrected chi connectivity index (χ2v) is 7.40. The molecule has 6 nitrogen and oxygen atoms in total. The second kappa shape index (κ2) is 10.3. The van der Waals surface area contributed by atoms with Crippen molar-refractivity contribution in [1.29, 1.82) is 5.26 Å². The molecular formula is C25H19ClN2O4. The summed E-state index contributed by atoms with van der Waals surface area (Å²) in [6, 6.07) is 20.4. The Bertz CT molecular complexity index is 1230. The molecule has 160 valence electrons. The monoisotopic (exact) mass is 446 g/mol. The van der Waals surface area contributed by atoms with Crippen molar-refractivity contribution in [2.75, 3.05) is 5.32 Å². The number of benzene rings is 3. The van der Waals surface area contributed by atoms with Crippen LogP contribution in [0.3, 0.4) is 0 Å². The first kappa shape index (κ1) is 22.6. The first-order chi connectivity index (χ1) is 15.4. The number of nitriles is 1. The van der Waals surface area contributed by atoms with E-state index in [-0.39, 0.29) is 17.7 Å². The van der Waals surface area contributed by atoms with E-state index in [1.54, 1.807) is 42.5 Å². The molecule has 0 aliphatic heterocycles. The van der Waals surface area contributed by atoms with Crippen LogP contribution in [0.15, 0.2) is 72.3 Å². The first-order valence-corrected chi connectivity index (χ1v) is 9.98. The Balaban J connectivity index is 1.80. The number of rotatable bonds is 7. The van der Waals surface area contributed by atoms with Gasteiger partial charge in [-0.3, -0.25) is 4.79 Å². The summed E-state index contributed by atoms with van der Waals surface area (Å²) in [4.78, 5) is 23.6. The third kappa shape index (κ3) is 5.97. The number of nitrogens with zero attached hydrogens (tertiary/aromatic N) is 1. The molecule has 0 radical (unpaired) electrons. The number of anilines is 1. The number of hydrogen-bond donors (Lipinski definition) is 2. The molecular weight excluding hydrogens is 428 g/mol. The van der Waals surface area contributed by atoms with Crippen molar-refractivity contribution in [1.82, 2.24) is 0 Å². The van der Waals surface area contributed by atoms with Crippen LogP contribution < -0.4 is 10.1 Å². The van der Waals surface area contributed by atoms with E-state index in [0.717, 1.165) is 11.1 Å². The van der Waals surface area contributed by atoms with Gasteiger partial charge >= 0.3 is 5.97 Å². The van der Waals surface area contributed by atoms with Crippen molar-refractivity contribution in [2.45, 2.75) is 13.5 Å². The van der Waals surface area contributed by atoms with E-state index in [2.05, 4.69) is 5.32 Å². The third-order valence-electron chi connectivity index (χ3n) is 4.51. The zero-order chi connectivity index (χ0) is 23.1. The van der Waals surface area contributed by atoms with Gasteiger partial charge in [-0.15, -0.1) is 0 Å². The minimum absolute atomic E-state index is 0.107. The van der Waals surface area contributed by atoms with Crippen LogP contribution in [0.4, 0.5) is 5.69 Å². The lowest BCUT2D eigenvalue weighted by atomic mass is 10.1. The number of carboxylic acid groups (broad SMARTS) is 1. The minimum Gasteiger partial charge on any atom is -0.488 e. The normalized spacial score (nSPS) is 10.8. The van der Waals surface area contributed by atoms with Crippen molar-refractivity contribution in [3.05, 3.63) is 99.6 Å². The van der Waals surface area contributed by atoms with Crippen LogP contribution in [-0.2, 0) is 11.4 Å². The Morgan fingerprint density at radius 2 is 1.88 bits per heavy atom. The number of ether oxygens (including phenoxy) is 1. The van der Waals surface area contributed by atoms with Gasteiger partial charge in [0.25, 0.3) is 5.91 Å². The number of hydrogen-bond acceptors (Lipinski definition) is 4. The fourth-order valence-corrected chi connectivity index (χ4v) is 3.07. The third-order valence-corrected chi connectivity index (χ3v) is 4.74. The smallest absolute Gasteiger partial charge is 0.335 e. The van der Waals surface area contributed by atoms with Crippen LogP contribution in [0.5, 0.6) is 5.75 Å². The molecule has 0 aromatic heterocycles. The average Bonchev–Trinajstić information content (AvgIpc) is 2.77. The molecule has 1 amide bonds. The van der Waals surface area contributed by atoms with Gasteiger partial charge in [-0.1, -0.05) is 35.9 Å². The number of halogens is 1. The topological polar surface area (TPSA) is 99.4 Å². The Labute approximate surface area is 190 Å². The van der Waals surface area contributed by atoms with Gasteiger partial charge in [0.15, 0.2) is 0 Å². The maximum Gasteiger partial charge on any atom is 0.335 e. The second-order valence-electron chi connectivity index (χ2n) is 6.97. The van der Waals surface area contributed by atoms with Crippen molar-refractivity contribution in [3.63, 3.8) is 0 Å². The predicted molar refractivity (Wildman–Crippen MR) is 123 cm³/mol. The molecule has 3 aromatic carbocycles. The van der Waals surface area contributed by atoms with E-state index >= 15 is 0 Å². The molecule has 0 atom stereocenters. The summed E-state index contributed by atoms with van der Waals surface area (Å²) in [5, 5.41) is 21.7. The van der Waals surface area contributed by atoms with Crippen molar-refractivity contribution in [2.24, 2.45) is 0 Å². The molecule has 2 N–H and O–H groups in total. The van der Waals surface area contributed by atoms with Crippen LogP contribution >= 0.6 is 11.6 Å². The molecule has 0 heterocycles. The molecule has 3 rings (SSSR count). The fourth-order valence-electron chi connectivity index (χ4n) is 2.89. The number of carbonyl (C=O) groups excluding carboxylic acids is 1. The maximum absolute atomic E-state index is 12.6. The van der Waals surface area contributed by atoms with E-state index in [9.17, 15) is 14.9 Å². The van der Waals surface area contributed by atoms with Gasteiger partial charge < -0.3 is 15.2 Å². The summed E-state index contributed by atoms with van der Waals surface area (Å²) in [7, 11) is 0. The first-order valence-electron chi connectivity index (χ1n) is 9.60. The number of nitrogens with one attached hydrogen (secondary N) is 1. The van der Waals surface area contributed by atoms with Gasteiger partial charge in [0, 0.05) is 16.3 Å². The Morgan fingerprint density at radius 1 is 1.12 bits per heavy atom. The largest absolute Gasteiger partial charge is 0.488 e. The number of carboxylic acids is 1. The summed E-state index contributed by atoms with van der Waals surface area (Å²) in [6.45, 7) is 2.07. The van der Waals surface area contributed by atoms with Crippen molar-refractivity contribution < 1.29 is 19.4 Å². The quantitative estimate of drug-likeness (QED) is 0.370. The molecule has 3 aromatic rings. The zero-order valence-electron chi connectivity index (χ0n) is 17.1. The summed E-state index contributed by atoms with van der Waals surface area (Å²) in [6.07, 6.45) is 1.42. The van der Waals surface area contributed by atoms with Crippen LogP contribution in [0.1, 0.15) is 27.0 Å². The molecule has 0 aliphatic rings. The number of amides is 1. The highest BCUT2D eigenvalue weighted by molar-refractivity contribution is 6.30. The Kier molecular flexibility index (Phi) is 7.27.